The number of aromatic nitrogens is 3. The highest BCUT2D eigenvalue weighted by molar-refractivity contribution is 5.96. The molecule has 0 fully saturated rings. The number of fused-ring (bicyclic) bond motifs is 1. The lowest BCUT2D eigenvalue weighted by Gasteiger charge is -2.08. The standard InChI is InChI=1S/C13H17N3O2/c1-4-9-10-8-15-16(5-2)12(10)14-7-11(9)13(17)18-6-3/h7-8H,4-6H2,1-3H3. The van der Waals surface area contributed by atoms with E-state index in [4.69, 9.17) is 4.74 Å². The van der Waals surface area contributed by atoms with Gasteiger partial charge in [-0.2, -0.15) is 5.10 Å². The van der Waals surface area contributed by atoms with E-state index in [1.807, 2.05) is 18.5 Å². The van der Waals surface area contributed by atoms with E-state index in [-0.39, 0.29) is 5.97 Å². The van der Waals surface area contributed by atoms with Gasteiger partial charge in [-0.1, -0.05) is 6.92 Å². The van der Waals surface area contributed by atoms with Crippen LogP contribution in [0.25, 0.3) is 11.0 Å². The third-order valence-corrected chi connectivity index (χ3v) is 2.93. The first-order valence-corrected chi connectivity index (χ1v) is 6.23. The molecule has 0 unspecified atom stereocenters. The zero-order valence-electron chi connectivity index (χ0n) is 10.9. The smallest absolute Gasteiger partial charge is 0.339 e. The predicted molar refractivity (Wildman–Crippen MR) is 68.5 cm³/mol. The molecule has 0 aliphatic heterocycles. The quantitative estimate of drug-likeness (QED) is 0.777. The van der Waals surface area contributed by atoms with Gasteiger partial charge >= 0.3 is 5.97 Å². The summed E-state index contributed by atoms with van der Waals surface area (Å²) < 4.78 is 6.87. The Morgan fingerprint density at radius 2 is 2.11 bits per heavy atom. The van der Waals surface area contributed by atoms with Gasteiger partial charge in [0.05, 0.1) is 18.4 Å². The molecule has 96 valence electrons. The maximum Gasteiger partial charge on any atom is 0.339 e. The molecule has 0 saturated carbocycles. The maximum atomic E-state index is 11.9. The van der Waals surface area contributed by atoms with Crippen LogP contribution in [0.4, 0.5) is 0 Å². The third kappa shape index (κ3) is 1.96. The van der Waals surface area contributed by atoms with Gasteiger partial charge in [0.1, 0.15) is 0 Å². The lowest BCUT2D eigenvalue weighted by atomic mass is 10.0. The Balaban J connectivity index is 2.59. The molecule has 0 aliphatic rings. The molecule has 0 radical (unpaired) electrons. The fourth-order valence-corrected chi connectivity index (χ4v) is 2.07. The number of esters is 1. The highest BCUT2D eigenvalue weighted by Gasteiger charge is 2.17. The first-order chi connectivity index (χ1) is 8.72. The second kappa shape index (κ2) is 5.16. The summed E-state index contributed by atoms with van der Waals surface area (Å²) in [6.45, 7) is 6.96. The van der Waals surface area contributed by atoms with E-state index in [1.165, 1.54) is 0 Å². The van der Waals surface area contributed by atoms with Crippen LogP contribution in [0.3, 0.4) is 0 Å². The summed E-state index contributed by atoms with van der Waals surface area (Å²) in [5.74, 6) is -0.312. The summed E-state index contributed by atoms with van der Waals surface area (Å²) in [6.07, 6.45) is 4.11. The van der Waals surface area contributed by atoms with Crippen molar-refractivity contribution < 1.29 is 9.53 Å². The topological polar surface area (TPSA) is 57.0 Å². The second-order valence-corrected chi connectivity index (χ2v) is 3.92. The van der Waals surface area contributed by atoms with Gasteiger partial charge in [-0.15, -0.1) is 0 Å². The molecule has 0 saturated heterocycles. The molecule has 2 rings (SSSR count). The fraction of sp³-hybridized carbons (Fsp3) is 0.462. The summed E-state index contributed by atoms with van der Waals surface area (Å²) in [7, 11) is 0. The molecule has 18 heavy (non-hydrogen) atoms. The van der Waals surface area contributed by atoms with Crippen molar-refractivity contribution in [2.24, 2.45) is 0 Å². The van der Waals surface area contributed by atoms with Crippen molar-refractivity contribution in [3.8, 4) is 0 Å². The number of hydrogen-bond acceptors (Lipinski definition) is 4. The Morgan fingerprint density at radius 3 is 2.72 bits per heavy atom. The van der Waals surface area contributed by atoms with Crippen LogP contribution in [0.15, 0.2) is 12.4 Å². The van der Waals surface area contributed by atoms with Crippen LogP contribution in [0.2, 0.25) is 0 Å². The van der Waals surface area contributed by atoms with Crippen molar-refractivity contribution in [1.82, 2.24) is 14.8 Å². The highest BCUT2D eigenvalue weighted by Crippen LogP contribution is 2.21. The summed E-state index contributed by atoms with van der Waals surface area (Å²) in [4.78, 5) is 16.2. The number of ether oxygens (including phenoxy) is 1. The molecule has 0 amide bonds. The molecule has 5 heteroatoms. The van der Waals surface area contributed by atoms with Crippen molar-refractivity contribution in [3.63, 3.8) is 0 Å². The summed E-state index contributed by atoms with van der Waals surface area (Å²) >= 11 is 0. The van der Waals surface area contributed by atoms with Crippen molar-refractivity contribution in [3.05, 3.63) is 23.5 Å². The molecule has 0 bridgehead atoms. The minimum Gasteiger partial charge on any atom is -0.462 e. The van der Waals surface area contributed by atoms with Gasteiger partial charge in [0.2, 0.25) is 0 Å². The Bertz CT molecular complexity index is 575. The summed E-state index contributed by atoms with van der Waals surface area (Å²) in [5.41, 5.74) is 2.32. The summed E-state index contributed by atoms with van der Waals surface area (Å²) in [6, 6.07) is 0. The van der Waals surface area contributed by atoms with Crippen LogP contribution in [-0.2, 0) is 17.7 Å². The van der Waals surface area contributed by atoms with E-state index in [9.17, 15) is 4.79 Å². The third-order valence-electron chi connectivity index (χ3n) is 2.93. The molecule has 0 spiro atoms. The van der Waals surface area contributed by atoms with Gasteiger partial charge in [0.15, 0.2) is 5.65 Å². The Morgan fingerprint density at radius 1 is 1.33 bits per heavy atom. The number of carbonyl (C=O) groups excluding carboxylic acids is 1. The van der Waals surface area contributed by atoms with E-state index >= 15 is 0 Å². The van der Waals surface area contributed by atoms with Crippen molar-refractivity contribution in [2.45, 2.75) is 33.7 Å². The van der Waals surface area contributed by atoms with Crippen molar-refractivity contribution >= 4 is 17.0 Å². The first kappa shape index (κ1) is 12.5. The van der Waals surface area contributed by atoms with Gasteiger partial charge in [-0.25, -0.2) is 14.5 Å². The Kier molecular flexibility index (Phi) is 3.60. The lowest BCUT2D eigenvalue weighted by Crippen LogP contribution is -2.09. The molecule has 5 nitrogen and oxygen atoms in total. The van der Waals surface area contributed by atoms with E-state index in [0.717, 1.165) is 29.6 Å². The van der Waals surface area contributed by atoms with E-state index in [1.54, 1.807) is 19.3 Å². The average molecular weight is 247 g/mol. The maximum absolute atomic E-state index is 11.9. The van der Waals surface area contributed by atoms with Crippen LogP contribution in [0, 0.1) is 0 Å². The highest BCUT2D eigenvalue weighted by atomic mass is 16.5. The predicted octanol–water partition coefficient (Wildman–Crippen LogP) is 2.19. The van der Waals surface area contributed by atoms with Crippen LogP contribution in [-0.4, -0.2) is 27.3 Å². The number of pyridine rings is 1. The number of carbonyl (C=O) groups is 1. The normalized spacial score (nSPS) is 10.8. The molecule has 0 aliphatic carbocycles. The van der Waals surface area contributed by atoms with Gasteiger partial charge in [0, 0.05) is 18.1 Å². The number of rotatable bonds is 4. The molecular weight excluding hydrogens is 230 g/mol. The SMILES string of the molecule is CCOC(=O)c1cnc2c(cnn2CC)c1CC. The first-order valence-electron chi connectivity index (χ1n) is 6.23. The van der Waals surface area contributed by atoms with Crippen molar-refractivity contribution in [2.75, 3.05) is 6.61 Å². The number of nitrogens with zero attached hydrogens (tertiary/aromatic N) is 3. The van der Waals surface area contributed by atoms with Crippen molar-refractivity contribution in [1.29, 1.82) is 0 Å². The molecule has 2 aromatic heterocycles. The largest absolute Gasteiger partial charge is 0.462 e. The minimum absolute atomic E-state index is 0.312. The van der Waals surface area contributed by atoms with Crippen LogP contribution in [0.5, 0.6) is 0 Å². The molecule has 0 aromatic carbocycles. The van der Waals surface area contributed by atoms with Gasteiger partial charge in [0.25, 0.3) is 0 Å². The van der Waals surface area contributed by atoms with Crippen LogP contribution >= 0.6 is 0 Å². The summed E-state index contributed by atoms with van der Waals surface area (Å²) in [5, 5.41) is 5.21. The monoisotopic (exact) mass is 247 g/mol. The van der Waals surface area contributed by atoms with E-state index in [2.05, 4.69) is 10.1 Å². The second-order valence-electron chi connectivity index (χ2n) is 3.92. The Labute approximate surface area is 106 Å². The molecule has 2 aromatic rings. The molecular formula is C13H17N3O2. The van der Waals surface area contributed by atoms with Gasteiger partial charge in [-0.3, -0.25) is 0 Å². The van der Waals surface area contributed by atoms with Gasteiger partial charge < -0.3 is 4.74 Å². The Hall–Kier alpha value is -1.91. The van der Waals surface area contributed by atoms with E-state index in [0.29, 0.717) is 12.2 Å². The molecule has 0 N–H and O–H groups in total. The average Bonchev–Trinajstić information content (AvgIpc) is 2.80. The number of aryl methyl sites for hydroxylation is 2. The van der Waals surface area contributed by atoms with Crippen LogP contribution in [0.1, 0.15) is 36.7 Å². The zero-order valence-corrected chi connectivity index (χ0v) is 10.9. The lowest BCUT2D eigenvalue weighted by molar-refractivity contribution is 0.0525. The minimum atomic E-state index is -0.312. The van der Waals surface area contributed by atoms with Crippen LogP contribution < -0.4 is 0 Å². The van der Waals surface area contributed by atoms with Gasteiger partial charge in [-0.05, 0) is 25.8 Å². The molecule has 0 atom stereocenters. The van der Waals surface area contributed by atoms with E-state index < -0.39 is 0 Å². The fourth-order valence-electron chi connectivity index (χ4n) is 2.07. The number of hydrogen-bond donors (Lipinski definition) is 0. The zero-order chi connectivity index (χ0) is 13.1. The molecule has 2 heterocycles.